The van der Waals surface area contributed by atoms with Crippen LogP contribution in [0.5, 0.6) is 0 Å². The first-order valence-corrected chi connectivity index (χ1v) is 8.47. The van der Waals surface area contributed by atoms with Crippen LogP contribution in [0.3, 0.4) is 0 Å². The van der Waals surface area contributed by atoms with E-state index in [0.29, 0.717) is 12.1 Å². The molecular formula is C18H25N5O. The van der Waals surface area contributed by atoms with Gasteiger partial charge in [-0.05, 0) is 56.5 Å². The van der Waals surface area contributed by atoms with Crippen molar-refractivity contribution in [1.82, 2.24) is 14.5 Å². The Morgan fingerprint density at radius 3 is 2.71 bits per heavy atom. The van der Waals surface area contributed by atoms with Gasteiger partial charge in [0.1, 0.15) is 5.82 Å². The number of hydrogen-bond acceptors (Lipinski definition) is 5. The Kier molecular flexibility index (Phi) is 4.97. The molecule has 2 aromatic rings. The number of anilines is 1. The fraction of sp³-hybridized carbons (Fsp3) is 0.444. The molecule has 1 aliphatic heterocycles. The second-order valence-corrected chi connectivity index (χ2v) is 6.62. The molecule has 24 heavy (non-hydrogen) atoms. The zero-order chi connectivity index (χ0) is 17.1. The van der Waals surface area contributed by atoms with E-state index in [1.54, 1.807) is 12.3 Å². The van der Waals surface area contributed by atoms with Gasteiger partial charge >= 0.3 is 5.69 Å². The molecule has 0 spiro atoms. The summed E-state index contributed by atoms with van der Waals surface area (Å²) in [6, 6.07) is 10.4. The monoisotopic (exact) mass is 327 g/mol. The molecule has 6 nitrogen and oxygen atoms in total. The zero-order valence-electron chi connectivity index (χ0n) is 14.1. The molecule has 1 aliphatic rings. The van der Waals surface area contributed by atoms with E-state index in [1.165, 1.54) is 16.6 Å². The number of nitrogens with zero attached hydrogens (tertiary/aromatic N) is 3. The minimum atomic E-state index is -0.363. The molecule has 0 bridgehead atoms. The van der Waals surface area contributed by atoms with Crippen molar-refractivity contribution in [3.8, 4) is 5.69 Å². The van der Waals surface area contributed by atoms with E-state index in [-0.39, 0.29) is 11.5 Å². The summed E-state index contributed by atoms with van der Waals surface area (Å²) in [5, 5.41) is 0. The van der Waals surface area contributed by atoms with E-state index in [1.807, 2.05) is 12.1 Å². The molecule has 1 fully saturated rings. The van der Waals surface area contributed by atoms with E-state index >= 15 is 0 Å². The lowest BCUT2D eigenvalue weighted by Crippen LogP contribution is -2.47. The number of likely N-dealkylation sites (tertiary alicyclic amines) is 1. The predicted molar refractivity (Wildman–Crippen MR) is 96.2 cm³/mol. The van der Waals surface area contributed by atoms with Crippen LogP contribution < -0.4 is 17.2 Å². The molecule has 2 atom stereocenters. The molecule has 0 aliphatic carbocycles. The van der Waals surface area contributed by atoms with E-state index in [9.17, 15) is 4.79 Å². The van der Waals surface area contributed by atoms with Gasteiger partial charge in [0.15, 0.2) is 0 Å². The largest absolute Gasteiger partial charge is 0.383 e. The Bertz CT molecular complexity index is 740. The van der Waals surface area contributed by atoms with Gasteiger partial charge in [-0.15, -0.1) is 0 Å². The Morgan fingerprint density at radius 2 is 2.04 bits per heavy atom. The molecular weight excluding hydrogens is 302 g/mol. The van der Waals surface area contributed by atoms with Crippen molar-refractivity contribution in [2.24, 2.45) is 5.73 Å². The summed E-state index contributed by atoms with van der Waals surface area (Å²) in [6.07, 6.45) is 4.93. The van der Waals surface area contributed by atoms with Crippen LogP contribution in [0.15, 0.2) is 41.3 Å². The fourth-order valence-corrected chi connectivity index (χ4v) is 3.32. The van der Waals surface area contributed by atoms with Crippen LogP contribution in [0.4, 0.5) is 5.82 Å². The minimum Gasteiger partial charge on any atom is -0.383 e. The zero-order valence-corrected chi connectivity index (χ0v) is 14.1. The Morgan fingerprint density at radius 1 is 1.29 bits per heavy atom. The van der Waals surface area contributed by atoms with E-state index in [4.69, 9.17) is 11.5 Å². The Hall–Kier alpha value is -2.18. The average molecular weight is 327 g/mol. The molecule has 128 valence electrons. The summed E-state index contributed by atoms with van der Waals surface area (Å²) < 4.78 is 1.49. The van der Waals surface area contributed by atoms with Gasteiger partial charge < -0.3 is 11.5 Å². The van der Waals surface area contributed by atoms with Crippen LogP contribution in [-0.4, -0.2) is 39.6 Å². The van der Waals surface area contributed by atoms with Crippen LogP contribution in [-0.2, 0) is 6.42 Å². The van der Waals surface area contributed by atoms with Gasteiger partial charge in [0.05, 0.1) is 5.69 Å². The van der Waals surface area contributed by atoms with Crippen molar-refractivity contribution in [2.45, 2.75) is 38.3 Å². The maximum Gasteiger partial charge on any atom is 0.354 e. The molecule has 3 rings (SSSR count). The Labute approximate surface area is 142 Å². The van der Waals surface area contributed by atoms with Crippen LogP contribution >= 0.6 is 0 Å². The lowest BCUT2D eigenvalue weighted by atomic mass is 10.0. The third-order valence-corrected chi connectivity index (χ3v) is 4.68. The van der Waals surface area contributed by atoms with Crippen LogP contribution in [0.1, 0.15) is 25.3 Å². The molecule has 0 radical (unpaired) electrons. The van der Waals surface area contributed by atoms with E-state index < -0.39 is 0 Å². The van der Waals surface area contributed by atoms with Gasteiger partial charge in [-0.2, -0.15) is 4.98 Å². The topological polar surface area (TPSA) is 90.2 Å². The number of nitrogens with two attached hydrogens (primary N) is 2. The number of benzene rings is 1. The summed E-state index contributed by atoms with van der Waals surface area (Å²) >= 11 is 0. The second-order valence-electron chi connectivity index (χ2n) is 6.62. The van der Waals surface area contributed by atoms with Gasteiger partial charge in [-0.1, -0.05) is 12.1 Å². The number of rotatable bonds is 4. The molecule has 1 aromatic heterocycles. The van der Waals surface area contributed by atoms with Crippen molar-refractivity contribution in [1.29, 1.82) is 0 Å². The summed E-state index contributed by atoms with van der Waals surface area (Å²) in [7, 11) is 0. The lowest BCUT2D eigenvalue weighted by molar-refractivity contribution is 0.158. The standard InChI is InChI=1S/C18H25N5O/c1-13(22-9-2-3-15(19)12-22)11-14-4-6-16(7-5-14)23-10-8-17(20)21-18(23)24/h4-8,10,13,15H,2-3,9,11-12,19H2,1H3,(H2,20,21,24). The maximum absolute atomic E-state index is 11.9. The van der Waals surface area contributed by atoms with Crippen molar-refractivity contribution >= 4 is 5.82 Å². The highest BCUT2D eigenvalue weighted by molar-refractivity contribution is 5.36. The highest BCUT2D eigenvalue weighted by Gasteiger charge is 2.21. The molecule has 2 unspecified atom stereocenters. The van der Waals surface area contributed by atoms with Gasteiger partial charge in [0.2, 0.25) is 0 Å². The molecule has 0 amide bonds. The quantitative estimate of drug-likeness (QED) is 0.880. The van der Waals surface area contributed by atoms with Crippen molar-refractivity contribution < 1.29 is 0 Å². The fourth-order valence-electron chi connectivity index (χ4n) is 3.32. The van der Waals surface area contributed by atoms with Crippen LogP contribution in [0.2, 0.25) is 0 Å². The van der Waals surface area contributed by atoms with Gasteiger partial charge in [0, 0.05) is 24.8 Å². The SMILES string of the molecule is CC(Cc1ccc(-n2ccc(N)nc2=O)cc1)N1CCCC(N)C1. The molecule has 1 aromatic carbocycles. The number of piperidine rings is 1. The average Bonchev–Trinajstić information content (AvgIpc) is 2.56. The van der Waals surface area contributed by atoms with E-state index in [0.717, 1.165) is 31.6 Å². The van der Waals surface area contributed by atoms with Gasteiger partial charge in [-0.3, -0.25) is 9.47 Å². The first-order chi connectivity index (χ1) is 11.5. The third kappa shape index (κ3) is 3.83. The van der Waals surface area contributed by atoms with Crippen LogP contribution in [0.25, 0.3) is 5.69 Å². The van der Waals surface area contributed by atoms with Crippen LogP contribution in [0, 0.1) is 0 Å². The molecule has 1 saturated heterocycles. The van der Waals surface area contributed by atoms with Crippen molar-refractivity contribution in [3.05, 3.63) is 52.6 Å². The maximum atomic E-state index is 11.9. The smallest absolute Gasteiger partial charge is 0.354 e. The lowest BCUT2D eigenvalue weighted by Gasteiger charge is -2.35. The van der Waals surface area contributed by atoms with Gasteiger partial charge in [0.25, 0.3) is 0 Å². The van der Waals surface area contributed by atoms with Crippen molar-refractivity contribution in [2.75, 3.05) is 18.8 Å². The predicted octanol–water partition coefficient (Wildman–Crippen LogP) is 1.17. The molecule has 6 heteroatoms. The molecule has 2 heterocycles. The number of hydrogen-bond donors (Lipinski definition) is 2. The third-order valence-electron chi connectivity index (χ3n) is 4.68. The Balaban J connectivity index is 1.69. The molecule has 4 N–H and O–H groups in total. The summed E-state index contributed by atoms with van der Waals surface area (Å²) in [4.78, 5) is 18.1. The normalized spacial score (nSPS) is 20.0. The van der Waals surface area contributed by atoms with Gasteiger partial charge in [-0.25, -0.2) is 4.79 Å². The number of nitrogen functional groups attached to an aromatic ring is 1. The number of aromatic nitrogens is 2. The summed E-state index contributed by atoms with van der Waals surface area (Å²) in [5.74, 6) is 0.237. The van der Waals surface area contributed by atoms with E-state index in [2.05, 4.69) is 28.9 Å². The summed E-state index contributed by atoms with van der Waals surface area (Å²) in [6.45, 7) is 4.35. The highest BCUT2D eigenvalue weighted by atomic mass is 16.1. The molecule has 0 saturated carbocycles. The minimum absolute atomic E-state index is 0.237. The highest BCUT2D eigenvalue weighted by Crippen LogP contribution is 2.16. The second kappa shape index (κ2) is 7.15. The first-order valence-electron chi connectivity index (χ1n) is 8.47. The first kappa shape index (κ1) is 16.7. The van der Waals surface area contributed by atoms with Crippen molar-refractivity contribution in [3.63, 3.8) is 0 Å². The summed E-state index contributed by atoms with van der Waals surface area (Å²) in [5.41, 5.74) is 13.3.